The highest BCUT2D eigenvalue weighted by atomic mass is 16.5. The maximum absolute atomic E-state index is 12.4. The van der Waals surface area contributed by atoms with Gasteiger partial charge in [-0.05, 0) is 58.8 Å². The maximum atomic E-state index is 12.4. The van der Waals surface area contributed by atoms with Crippen molar-refractivity contribution < 1.29 is 28.5 Å². The monoisotopic (exact) mass is 418 g/mol. The van der Waals surface area contributed by atoms with Crippen LogP contribution in [0.1, 0.15) is 22.3 Å². The molecule has 0 bridgehead atoms. The van der Waals surface area contributed by atoms with E-state index < -0.39 is 5.97 Å². The number of fused-ring (bicyclic) bond motifs is 2. The molecule has 1 heterocycles. The van der Waals surface area contributed by atoms with Crippen molar-refractivity contribution in [2.75, 3.05) is 26.9 Å². The van der Waals surface area contributed by atoms with E-state index in [-0.39, 0.29) is 12.4 Å². The number of Topliss-reactive ketones (excluding diaryl/α,β-unsaturated/α-hetero) is 1. The quantitative estimate of drug-likeness (QED) is 0.335. The van der Waals surface area contributed by atoms with Crippen LogP contribution < -0.4 is 14.2 Å². The molecule has 0 radical (unpaired) electrons. The average molecular weight is 418 g/mol. The summed E-state index contributed by atoms with van der Waals surface area (Å²) in [6, 6.07) is 16.6. The summed E-state index contributed by atoms with van der Waals surface area (Å²) in [4.78, 5) is 24.4. The number of rotatable bonds is 6. The van der Waals surface area contributed by atoms with E-state index in [9.17, 15) is 9.59 Å². The van der Waals surface area contributed by atoms with Gasteiger partial charge in [-0.15, -0.1) is 0 Å². The molecule has 0 spiro atoms. The van der Waals surface area contributed by atoms with Gasteiger partial charge in [-0.1, -0.05) is 18.2 Å². The molecular formula is C25H22O6. The molecule has 31 heavy (non-hydrogen) atoms. The fourth-order valence-electron chi connectivity index (χ4n) is 3.24. The lowest BCUT2D eigenvalue weighted by Gasteiger charge is -2.09. The Hall–Kier alpha value is -3.80. The Morgan fingerprint density at radius 3 is 2.55 bits per heavy atom. The number of hydrogen-bond acceptors (Lipinski definition) is 6. The van der Waals surface area contributed by atoms with Crippen molar-refractivity contribution in [1.29, 1.82) is 0 Å². The predicted octanol–water partition coefficient (Wildman–Crippen LogP) is 4.45. The van der Waals surface area contributed by atoms with Crippen molar-refractivity contribution in [2.24, 2.45) is 0 Å². The number of benzene rings is 3. The molecule has 0 amide bonds. The van der Waals surface area contributed by atoms with Crippen LogP contribution in [0.4, 0.5) is 0 Å². The summed E-state index contributed by atoms with van der Waals surface area (Å²) in [6.07, 6.45) is 3.75. The number of esters is 1. The van der Waals surface area contributed by atoms with Crippen LogP contribution >= 0.6 is 0 Å². The van der Waals surface area contributed by atoms with Gasteiger partial charge in [0.25, 0.3) is 0 Å². The van der Waals surface area contributed by atoms with E-state index in [0.29, 0.717) is 30.3 Å². The lowest BCUT2D eigenvalue weighted by atomic mass is 10.1. The molecule has 158 valence electrons. The van der Waals surface area contributed by atoms with Gasteiger partial charge in [0.2, 0.25) is 0 Å². The van der Waals surface area contributed by atoms with Gasteiger partial charge in [-0.3, -0.25) is 4.79 Å². The molecule has 6 heteroatoms. The molecule has 3 aromatic rings. The SMILES string of the molecule is COc1ccc2cc(/C=C/C(=O)OCC(=O)c3ccc4c(c3)OCCCO4)ccc2c1. The summed E-state index contributed by atoms with van der Waals surface area (Å²) < 4.78 is 21.5. The van der Waals surface area contributed by atoms with Gasteiger partial charge in [-0.2, -0.15) is 0 Å². The third-order valence-corrected chi connectivity index (χ3v) is 4.90. The molecule has 1 aliphatic rings. The van der Waals surface area contributed by atoms with Crippen LogP contribution in [-0.2, 0) is 9.53 Å². The molecule has 0 unspecified atom stereocenters. The topological polar surface area (TPSA) is 71.1 Å². The van der Waals surface area contributed by atoms with E-state index in [2.05, 4.69) is 0 Å². The predicted molar refractivity (Wildman–Crippen MR) is 117 cm³/mol. The Bertz CT molecular complexity index is 1150. The van der Waals surface area contributed by atoms with Crippen molar-refractivity contribution in [3.05, 3.63) is 71.8 Å². The van der Waals surface area contributed by atoms with Gasteiger partial charge in [-0.25, -0.2) is 4.79 Å². The Morgan fingerprint density at radius 2 is 1.71 bits per heavy atom. The van der Waals surface area contributed by atoms with Gasteiger partial charge in [0.15, 0.2) is 23.9 Å². The first kappa shape index (κ1) is 20.5. The zero-order chi connectivity index (χ0) is 21.6. The molecule has 1 aliphatic heterocycles. The molecule has 0 N–H and O–H groups in total. The van der Waals surface area contributed by atoms with Crippen LogP contribution in [0.15, 0.2) is 60.7 Å². The first-order valence-electron chi connectivity index (χ1n) is 9.98. The minimum absolute atomic E-state index is 0.308. The molecule has 0 atom stereocenters. The average Bonchev–Trinajstić information content (AvgIpc) is 3.05. The highest BCUT2D eigenvalue weighted by molar-refractivity contribution is 5.99. The van der Waals surface area contributed by atoms with Crippen molar-refractivity contribution in [3.8, 4) is 17.2 Å². The van der Waals surface area contributed by atoms with Crippen molar-refractivity contribution in [3.63, 3.8) is 0 Å². The smallest absolute Gasteiger partial charge is 0.331 e. The fourth-order valence-corrected chi connectivity index (χ4v) is 3.24. The molecule has 3 aromatic carbocycles. The minimum Gasteiger partial charge on any atom is -0.497 e. The lowest BCUT2D eigenvalue weighted by molar-refractivity contribution is -0.136. The Kier molecular flexibility index (Phi) is 6.17. The molecule has 4 rings (SSSR count). The zero-order valence-corrected chi connectivity index (χ0v) is 17.1. The van der Waals surface area contributed by atoms with Crippen LogP contribution in [0.5, 0.6) is 17.2 Å². The lowest BCUT2D eigenvalue weighted by Crippen LogP contribution is -2.12. The van der Waals surface area contributed by atoms with E-state index in [1.165, 1.54) is 6.08 Å². The number of methoxy groups -OCH3 is 1. The van der Waals surface area contributed by atoms with E-state index >= 15 is 0 Å². The van der Waals surface area contributed by atoms with Gasteiger partial charge in [0, 0.05) is 18.1 Å². The van der Waals surface area contributed by atoms with Crippen LogP contribution in [0.3, 0.4) is 0 Å². The number of carbonyl (C=O) groups excluding carboxylic acids is 2. The Labute approximate surface area is 180 Å². The van der Waals surface area contributed by atoms with Crippen molar-refractivity contribution >= 4 is 28.6 Å². The third kappa shape index (κ3) is 5.04. The van der Waals surface area contributed by atoms with Crippen LogP contribution in [0.2, 0.25) is 0 Å². The van der Waals surface area contributed by atoms with Gasteiger partial charge in [0.1, 0.15) is 5.75 Å². The first-order valence-corrected chi connectivity index (χ1v) is 9.98. The molecule has 6 nitrogen and oxygen atoms in total. The maximum Gasteiger partial charge on any atom is 0.331 e. The highest BCUT2D eigenvalue weighted by Gasteiger charge is 2.15. The summed E-state index contributed by atoms with van der Waals surface area (Å²) in [5.41, 5.74) is 1.26. The summed E-state index contributed by atoms with van der Waals surface area (Å²) in [5, 5.41) is 2.07. The molecule has 0 aliphatic carbocycles. The van der Waals surface area contributed by atoms with E-state index in [0.717, 1.165) is 28.5 Å². The molecule has 0 aromatic heterocycles. The standard InChI is InChI=1S/C25H22O6/c1-28-21-8-6-18-13-17(3-5-19(18)14-21)4-10-25(27)31-16-22(26)20-7-9-23-24(15-20)30-12-2-11-29-23/h3-10,13-15H,2,11-12,16H2,1H3/b10-4+. The number of ether oxygens (including phenoxy) is 4. The summed E-state index contributed by atoms with van der Waals surface area (Å²) in [5.74, 6) is 1.04. The van der Waals surface area contributed by atoms with Gasteiger partial charge in [0.05, 0.1) is 20.3 Å². The third-order valence-electron chi connectivity index (χ3n) is 4.90. The first-order chi connectivity index (χ1) is 15.1. The second kappa shape index (κ2) is 9.34. The number of hydrogen-bond donors (Lipinski definition) is 0. The fraction of sp³-hybridized carbons (Fsp3) is 0.200. The number of carbonyl (C=O) groups is 2. The highest BCUT2D eigenvalue weighted by Crippen LogP contribution is 2.30. The van der Waals surface area contributed by atoms with Gasteiger partial charge >= 0.3 is 5.97 Å². The minimum atomic E-state index is -0.586. The second-order valence-corrected chi connectivity index (χ2v) is 7.05. The Morgan fingerprint density at radius 1 is 0.935 bits per heavy atom. The summed E-state index contributed by atoms with van der Waals surface area (Å²) in [7, 11) is 1.63. The molecule has 0 fully saturated rings. The molecule has 0 saturated carbocycles. The number of ketones is 1. The van der Waals surface area contributed by atoms with E-state index in [1.807, 2.05) is 36.4 Å². The largest absolute Gasteiger partial charge is 0.497 e. The van der Waals surface area contributed by atoms with E-state index in [4.69, 9.17) is 18.9 Å². The van der Waals surface area contributed by atoms with Crippen LogP contribution in [0, 0.1) is 0 Å². The van der Waals surface area contributed by atoms with Crippen molar-refractivity contribution in [2.45, 2.75) is 6.42 Å². The van der Waals surface area contributed by atoms with Crippen molar-refractivity contribution in [1.82, 2.24) is 0 Å². The summed E-state index contributed by atoms with van der Waals surface area (Å²) in [6.45, 7) is 0.767. The van der Waals surface area contributed by atoms with Crippen LogP contribution in [0.25, 0.3) is 16.8 Å². The van der Waals surface area contributed by atoms with E-state index in [1.54, 1.807) is 31.4 Å². The summed E-state index contributed by atoms with van der Waals surface area (Å²) >= 11 is 0. The van der Waals surface area contributed by atoms with Crippen LogP contribution in [-0.4, -0.2) is 38.7 Å². The molecule has 0 saturated heterocycles. The second-order valence-electron chi connectivity index (χ2n) is 7.05. The molecular weight excluding hydrogens is 396 g/mol. The normalized spacial score (nSPS) is 13.1. The zero-order valence-electron chi connectivity index (χ0n) is 17.1. The van der Waals surface area contributed by atoms with Gasteiger partial charge < -0.3 is 18.9 Å². The Balaban J connectivity index is 1.35.